The molecule has 0 atom stereocenters. The zero-order valence-corrected chi connectivity index (χ0v) is 13.0. The highest BCUT2D eigenvalue weighted by atomic mass is 32.1. The van der Waals surface area contributed by atoms with Gasteiger partial charge >= 0.3 is 0 Å². The molecule has 0 spiro atoms. The molecule has 1 aliphatic heterocycles. The average Bonchev–Trinajstić information content (AvgIpc) is 2.82. The lowest BCUT2D eigenvalue weighted by molar-refractivity contribution is 0.516. The fourth-order valence-electron chi connectivity index (χ4n) is 2.67. The molecule has 2 heterocycles. The van der Waals surface area contributed by atoms with Crippen molar-refractivity contribution in [2.24, 2.45) is 0 Å². The minimum atomic E-state index is 0.267. The highest BCUT2D eigenvalue weighted by molar-refractivity contribution is 7.15. The quantitative estimate of drug-likeness (QED) is 0.906. The normalized spacial score (nSPS) is 18.9. The first-order valence-electron chi connectivity index (χ1n) is 6.87. The fraction of sp³-hybridized carbons (Fsp3) is 0.786. The lowest BCUT2D eigenvalue weighted by Crippen LogP contribution is -2.38. The Kier molecular flexibility index (Phi) is 3.97. The van der Waals surface area contributed by atoms with Gasteiger partial charge in [-0.2, -0.15) is 0 Å². The molecule has 4 heteroatoms. The zero-order valence-electron chi connectivity index (χ0n) is 12.2. The van der Waals surface area contributed by atoms with Crippen molar-refractivity contribution in [2.45, 2.75) is 58.5 Å². The van der Waals surface area contributed by atoms with Crippen LogP contribution in [-0.2, 0) is 6.54 Å². The van der Waals surface area contributed by atoms with Crippen LogP contribution in [0.25, 0.3) is 0 Å². The summed E-state index contributed by atoms with van der Waals surface area (Å²) < 4.78 is 0. The number of hydrogen-bond donors (Lipinski definition) is 1. The number of anilines is 1. The van der Waals surface area contributed by atoms with Crippen molar-refractivity contribution in [3.8, 4) is 0 Å². The Hall–Kier alpha value is -0.610. The lowest BCUT2D eigenvalue weighted by atomic mass is 10.0. The van der Waals surface area contributed by atoms with Gasteiger partial charge in [0.15, 0.2) is 5.13 Å². The summed E-state index contributed by atoms with van der Waals surface area (Å²) in [4.78, 5) is 8.79. The molecular weight excluding hydrogens is 242 g/mol. The second-order valence-electron chi connectivity index (χ2n) is 6.06. The zero-order chi connectivity index (χ0) is 13.3. The molecule has 1 fully saturated rings. The topological polar surface area (TPSA) is 28.2 Å². The molecular formula is C14H25N3S. The van der Waals surface area contributed by atoms with E-state index in [2.05, 4.69) is 37.9 Å². The van der Waals surface area contributed by atoms with Crippen molar-refractivity contribution in [2.75, 3.05) is 18.5 Å². The predicted octanol–water partition coefficient (Wildman–Crippen LogP) is 3.36. The number of rotatable bonds is 4. The molecule has 2 rings (SSSR count). The van der Waals surface area contributed by atoms with Crippen LogP contribution in [0.4, 0.5) is 5.13 Å². The van der Waals surface area contributed by atoms with Crippen LogP contribution in [-0.4, -0.2) is 24.1 Å². The molecule has 0 aliphatic carbocycles. The smallest absolute Gasteiger partial charge is 0.186 e. The minimum absolute atomic E-state index is 0.267. The van der Waals surface area contributed by atoms with Gasteiger partial charge < -0.3 is 10.2 Å². The highest BCUT2D eigenvalue weighted by Crippen LogP contribution is 2.38. The Morgan fingerprint density at radius 1 is 1.44 bits per heavy atom. The van der Waals surface area contributed by atoms with Crippen molar-refractivity contribution >= 4 is 16.5 Å². The number of hydrogen-bond acceptors (Lipinski definition) is 4. The lowest BCUT2D eigenvalue weighted by Gasteiger charge is -2.31. The maximum Gasteiger partial charge on any atom is 0.186 e. The van der Waals surface area contributed by atoms with Gasteiger partial charge in [-0.3, -0.25) is 0 Å². The molecule has 1 aromatic rings. The van der Waals surface area contributed by atoms with Crippen molar-refractivity contribution < 1.29 is 0 Å². The van der Waals surface area contributed by atoms with E-state index in [-0.39, 0.29) is 5.54 Å². The van der Waals surface area contributed by atoms with E-state index < -0.39 is 0 Å². The van der Waals surface area contributed by atoms with E-state index >= 15 is 0 Å². The Bertz CT molecular complexity index is 409. The van der Waals surface area contributed by atoms with E-state index in [9.17, 15) is 0 Å². The summed E-state index contributed by atoms with van der Waals surface area (Å²) in [5.41, 5.74) is 1.54. The van der Waals surface area contributed by atoms with Crippen LogP contribution in [0.2, 0.25) is 0 Å². The van der Waals surface area contributed by atoms with E-state index in [1.807, 2.05) is 18.4 Å². The van der Waals surface area contributed by atoms with Gasteiger partial charge in [-0.15, -0.1) is 11.3 Å². The first kappa shape index (κ1) is 13.8. The standard InChI is InChI=1S/C14H25N3S/c1-10(2)12-11(9-15-5)18-13(16-12)17-8-6-7-14(17,3)4/h10,15H,6-9H2,1-5H3. The number of nitrogens with zero attached hydrogens (tertiary/aromatic N) is 2. The van der Waals surface area contributed by atoms with E-state index in [0.29, 0.717) is 5.92 Å². The molecule has 0 unspecified atom stereocenters. The van der Waals surface area contributed by atoms with Gasteiger partial charge in [0, 0.05) is 23.5 Å². The Labute approximate surface area is 115 Å². The van der Waals surface area contributed by atoms with Gasteiger partial charge in [-0.25, -0.2) is 4.98 Å². The Balaban J connectivity index is 2.31. The maximum absolute atomic E-state index is 4.91. The van der Waals surface area contributed by atoms with Gasteiger partial charge in [0.1, 0.15) is 0 Å². The Morgan fingerprint density at radius 2 is 2.17 bits per heavy atom. The molecule has 1 aliphatic rings. The number of aromatic nitrogens is 1. The van der Waals surface area contributed by atoms with Gasteiger partial charge in [0.05, 0.1) is 5.69 Å². The molecule has 1 saturated heterocycles. The van der Waals surface area contributed by atoms with Crippen LogP contribution >= 0.6 is 11.3 Å². The summed E-state index contributed by atoms with van der Waals surface area (Å²) in [7, 11) is 2.00. The van der Waals surface area contributed by atoms with Crippen LogP contribution in [0.1, 0.15) is 57.0 Å². The maximum atomic E-state index is 4.91. The molecule has 0 aromatic carbocycles. The van der Waals surface area contributed by atoms with Crippen LogP contribution in [0, 0.1) is 0 Å². The van der Waals surface area contributed by atoms with E-state index in [4.69, 9.17) is 4.98 Å². The molecule has 1 aromatic heterocycles. The first-order valence-corrected chi connectivity index (χ1v) is 7.69. The average molecular weight is 267 g/mol. The predicted molar refractivity (Wildman–Crippen MR) is 79.6 cm³/mol. The van der Waals surface area contributed by atoms with E-state index in [0.717, 1.165) is 13.1 Å². The summed E-state index contributed by atoms with van der Waals surface area (Å²) in [6, 6.07) is 0. The molecule has 0 saturated carbocycles. The second-order valence-corrected chi connectivity index (χ2v) is 7.12. The van der Waals surface area contributed by atoms with Crippen LogP contribution in [0.15, 0.2) is 0 Å². The third kappa shape index (κ3) is 2.54. The van der Waals surface area contributed by atoms with Gasteiger partial charge in [-0.05, 0) is 39.7 Å². The molecule has 102 valence electrons. The van der Waals surface area contributed by atoms with Gasteiger partial charge in [0.2, 0.25) is 0 Å². The molecule has 0 bridgehead atoms. The summed E-state index contributed by atoms with van der Waals surface area (Å²) in [6.07, 6.45) is 2.55. The Morgan fingerprint density at radius 3 is 2.67 bits per heavy atom. The van der Waals surface area contributed by atoms with Crippen LogP contribution in [0.3, 0.4) is 0 Å². The van der Waals surface area contributed by atoms with Gasteiger partial charge in [0.25, 0.3) is 0 Å². The largest absolute Gasteiger partial charge is 0.343 e. The number of nitrogens with one attached hydrogen (secondary N) is 1. The molecule has 0 amide bonds. The fourth-order valence-corrected chi connectivity index (χ4v) is 4.08. The van der Waals surface area contributed by atoms with Crippen LogP contribution in [0.5, 0.6) is 0 Å². The van der Waals surface area contributed by atoms with E-state index in [1.165, 1.54) is 28.5 Å². The highest BCUT2D eigenvalue weighted by Gasteiger charge is 2.34. The summed E-state index contributed by atoms with van der Waals surface area (Å²) in [6.45, 7) is 11.2. The monoisotopic (exact) mass is 267 g/mol. The third-order valence-corrected chi connectivity index (χ3v) is 4.83. The first-order chi connectivity index (χ1) is 8.45. The van der Waals surface area contributed by atoms with Crippen LogP contribution < -0.4 is 10.2 Å². The SMILES string of the molecule is CNCc1sc(N2CCCC2(C)C)nc1C(C)C. The number of thiazole rings is 1. The molecule has 0 radical (unpaired) electrons. The summed E-state index contributed by atoms with van der Waals surface area (Å²) in [5.74, 6) is 0.504. The van der Waals surface area contributed by atoms with Crippen molar-refractivity contribution in [1.29, 1.82) is 0 Å². The van der Waals surface area contributed by atoms with E-state index in [1.54, 1.807) is 0 Å². The second kappa shape index (κ2) is 5.17. The van der Waals surface area contributed by atoms with Gasteiger partial charge in [-0.1, -0.05) is 13.8 Å². The van der Waals surface area contributed by atoms with Crippen molar-refractivity contribution in [1.82, 2.24) is 10.3 Å². The molecule has 18 heavy (non-hydrogen) atoms. The third-order valence-electron chi connectivity index (χ3n) is 3.73. The molecule has 3 nitrogen and oxygen atoms in total. The van der Waals surface area contributed by atoms with Crippen molar-refractivity contribution in [3.05, 3.63) is 10.6 Å². The molecule has 1 N–H and O–H groups in total. The minimum Gasteiger partial charge on any atom is -0.343 e. The summed E-state index contributed by atoms with van der Waals surface area (Å²) >= 11 is 1.86. The summed E-state index contributed by atoms with van der Waals surface area (Å²) in [5, 5.41) is 4.47. The van der Waals surface area contributed by atoms with Crippen molar-refractivity contribution in [3.63, 3.8) is 0 Å².